The number of rotatable bonds is 3. The van der Waals surface area contributed by atoms with E-state index in [1.807, 2.05) is 38.1 Å². The van der Waals surface area contributed by atoms with E-state index in [1.54, 1.807) is 24.7 Å². The maximum atomic E-state index is 12.8. The minimum Gasteiger partial charge on any atom is -0.472 e. The molecule has 0 spiro atoms. The number of ketones is 2. The molecule has 3 aromatic rings. The lowest BCUT2D eigenvalue weighted by molar-refractivity contribution is -0.123. The third-order valence-electron chi connectivity index (χ3n) is 4.55. The zero-order chi connectivity index (χ0) is 18.3. The second-order valence-electron chi connectivity index (χ2n) is 6.49. The Bertz CT molecular complexity index is 1010. The standard InChI is InChI=1S/C21H17NO3S/c1-12-3-5-15(6-4-12)21-22-19(13(2)26-21)18-17(23)10-16(20(18)24)9-14-7-8-25-11-14/h3-9,11,18H,10H2,1-2H3/b16-9+. The molecule has 0 amide bonds. The van der Waals surface area contributed by atoms with E-state index in [9.17, 15) is 9.59 Å². The summed E-state index contributed by atoms with van der Waals surface area (Å²) in [6, 6.07) is 9.86. The quantitative estimate of drug-likeness (QED) is 0.499. The lowest BCUT2D eigenvalue weighted by Gasteiger charge is -2.04. The smallest absolute Gasteiger partial charge is 0.175 e. The summed E-state index contributed by atoms with van der Waals surface area (Å²) in [7, 11) is 0. The number of nitrogens with zero attached hydrogens (tertiary/aromatic N) is 1. The van der Waals surface area contributed by atoms with Gasteiger partial charge in [-0.3, -0.25) is 9.59 Å². The number of carbonyl (C=O) groups is 2. The molecule has 0 aliphatic heterocycles. The fraction of sp³-hybridized carbons (Fsp3) is 0.190. The molecule has 0 N–H and O–H groups in total. The Kier molecular flexibility index (Phi) is 4.17. The second kappa shape index (κ2) is 6.50. The summed E-state index contributed by atoms with van der Waals surface area (Å²) in [4.78, 5) is 30.9. The van der Waals surface area contributed by atoms with Crippen LogP contribution in [0, 0.1) is 13.8 Å². The van der Waals surface area contributed by atoms with Crippen LogP contribution in [0.3, 0.4) is 0 Å². The Morgan fingerprint density at radius 2 is 1.92 bits per heavy atom. The number of benzene rings is 1. The first-order valence-corrected chi connectivity index (χ1v) is 9.18. The molecule has 2 heterocycles. The highest BCUT2D eigenvalue weighted by molar-refractivity contribution is 7.15. The van der Waals surface area contributed by atoms with Crippen molar-refractivity contribution in [1.82, 2.24) is 4.98 Å². The van der Waals surface area contributed by atoms with Crippen LogP contribution in [-0.2, 0) is 9.59 Å². The molecule has 5 heteroatoms. The summed E-state index contributed by atoms with van der Waals surface area (Å²) in [5.74, 6) is -1.03. The maximum absolute atomic E-state index is 12.8. The van der Waals surface area contributed by atoms with Crippen molar-refractivity contribution in [2.75, 3.05) is 0 Å². The van der Waals surface area contributed by atoms with Gasteiger partial charge in [0.05, 0.1) is 18.2 Å². The summed E-state index contributed by atoms with van der Waals surface area (Å²) in [6.07, 6.45) is 4.98. The summed E-state index contributed by atoms with van der Waals surface area (Å²) in [5.41, 5.74) is 4.08. The number of thiazole rings is 1. The van der Waals surface area contributed by atoms with Gasteiger partial charge < -0.3 is 4.42 Å². The molecule has 2 aromatic heterocycles. The molecule has 0 radical (unpaired) electrons. The first-order valence-electron chi connectivity index (χ1n) is 8.37. The van der Waals surface area contributed by atoms with Gasteiger partial charge in [-0.05, 0) is 26.0 Å². The number of carbonyl (C=O) groups excluding carboxylic acids is 2. The van der Waals surface area contributed by atoms with Gasteiger partial charge in [0.2, 0.25) is 0 Å². The highest BCUT2D eigenvalue weighted by atomic mass is 32.1. The SMILES string of the molecule is Cc1ccc(-c2nc(C3C(=O)C/C(=C\c4ccoc4)C3=O)c(C)s2)cc1. The van der Waals surface area contributed by atoms with Gasteiger partial charge in [0.25, 0.3) is 0 Å². The Labute approximate surface area is 155 Å². The van der Waals surface area contributed by atoms with Crippen molar-refractivity contribution in [3.63, 3.8) is 0 Å². The normalized spacial score (nSPS) is 18.8. The molecular weight excluding hydrogens is 346 g/mol. The van der Waals surface area contributed by atoms with Gasteiger partial charge in [-0.15, -0.1) is 11.3 Å². The number of Topliss-reactive ketones (excluding diaryl/α,β-unsaturated/α-hetero) is 2. The van der Waals surface area contributed by atoms with Gasteiger partial charge in [-0.2, -0.15) is 0 Å². The highest BCUT2D eigenvalue weighted by Crippen LogP contribution is 2.38. The molecule has 1 aromatic carbocycles. The molecule has 1 fully saturated rings. The number of aryl methyl sites for hydroxylation is 2. The van der Waals surface area contributed by atoms with Gasteiger partial charge >= 0.3 is 0 Å². The van der Waals surface area contributed by atoms with E-state index in [0.717, 1.165) is 21.0 Å². The van der Waals surface area contributed by atoms with Crippen LogP contribution in [0.15, 0.2) is 52.8 Å². The molecule has 4 nitrogen and oxygen atoms in total. The first-order chi connectivity index (χ1) is 12.5. The molecule has 130 valence electrons. The summed E-state index contributed by atoms with van der Waals surface area (Å²) in [6.45, 7) is 3.95. The monoisotopic (exact) mass is 363 g/mol. The largest absolute Gasteiger partial charge is 0.472 e. The molecule has 1 aliphatic rings. The average molecular weight is 363 g/mol. The predicted molar refractivity (Wildman–Crippen MR) is 101 cm³/mol. The van der Waals surface area contributed by atoms with Crippen LogP contribution < -0.4 is 0 Å². The van der Waals surface area contributed by atoms with Crippen molar-refractivity contribution in [2.24, 2.45) is 0 Å². The Balaban J connectivity index is 1.68. The highest BCUT2D eigenvalue weighted by Gasteiger charge is 2.40. The number of hydrogen-bond donors (Lipinski definition) is 0. The lowest BCUT2D eigenvalue weighted by Crippen LogP contribution is -2.13. The van der Waals surface area contributed by atoms with Crippen molar-refractivity contribution >= 4 is 29.0 Å². The first kappa shape index (κ1) is 16.7. The number of hydrogen-bond acceptors (Lipinski definition) is 5. The van der Waals surface area contributed by atoms with Gasteiger partial charge in [0.15, 0.2) is 11.6 Å². The lowest BCUT2D eigenvalue weighted by atomic mass is 10.00. The Hall–Kier alpha value is -2.79. The minimum absolute atomic E-state index is 0.0893. The third kappa shape index (κ3) is 2.95. The van der Waals surface area contributed by atoms with E-state index in [2.05, 4.69) is 4.98 Å². The molecule has 1 saturated carbocycles. The maximum Gasteiger partial charge on any atom is 0.175 e. The van der Waals surface area contributed by atoms with Gasteiger partial charge in [-0.1, -0.05) is 29.8 Å². The van der Waals surface area contributed by atoms with E-state index in [4.69, 9.17) is 4.42 Å². The van der Waals surface area contributed by atoms with Crippen LogP contribution >= 0.6 is 11.3 Å². The van der Waals surface area contributed by atoms with E-state index in [-0.39, 0.29) is 18.0 Å². The van der Waals surface area contributed by atoms with Crippen LogP contribution in [0.5, 0.6) is 0 Å². The summed E-state index contributed by atoms with van der Waals surface area (Å²) in [5, 5.41) is 0.838. The summed E-state index contributed by atoms with van der Waals surface area (Å²) >= 11 is 1.52. The van der Waals surface area contributed by atoms with E-state index >= 15 is 0 Å². The molecule has 1 atom stereocenters. The molecule has 1 unspecified atom stereocenters. The number of allylic oxidation sites excluding steroid dienone is 1. The fourth-order valence-corrected chi connectivity index (χ4v) is 4.12. The summed E-state index contributed by atoms with van der Waals surface area (Å²) < 4.78 is 5.03. The molecule has 0 saturated heterocycles. The Morgan fingerprint density at radius 3 is 2.62 bits per heavy atom. The molecule has 1 aliphatic carbocycles. The fourth-order valence-electron chi connectivity index (χ4n) is 3.16. The van der Waals surface area contributed by atoms with Crippen LogP contribution in [0.4, 0.5) is 0 Å². The zero-order valence-corrected chi connectivity index (χ0v) is 15.3. The second-order valence-corrected chi connectivity index (χ2v) is 7.70. The van der Waals surface area contributed by atoms with Crippen LogP contribution in [0.25, 0.3) is 16.6 Å². The van der Waals surface area contributed by atoms with Crippen LogP contribution in [-0.4, -0.2) is 16.6 Å². The van der Waals surface area contributed by atoms with Crippen molar-refractivity contribution in [2.45, 2.75) is 26.2 Å². The van der Waals surface area contributed by atoms with Gasteiger partial charge in [0, 0.05) is 28.0 Å². The molecule has 4 rings (SSSR count). The molecule has 26 heavy (non-hydrogen) atoms. The molecule has 0 bridgehead atoms. The average Bonchev–Trinajstić information content (AvgIpc) is 3.31. The topological polar surface area (TPSA) is 60.2 Å². The number of aromatic nitrogens is 1. The third-order valence-corrected chi connectivity index (χ3v) is 5.59. The number of furan rings is 1. The van der Waals surface area contributed by atoms with Crippen LogP contribution in [0.2, 0.25) is 0 Å². The van der Waals surface area contributed by atoms with Crippen molar-refractivity contribution in [3.8, 4) is 10.6 Å². The van der Waals surface area contributed by atoms with Crippen molar-refractivity contribution < 1.29 is 14.0 Å². The predicted octanol–water partition coefficient (Wildman–Crippen LogP) is 4.73. The molecular formula is C21H17NO3S. The van der Waals surface area contributed by atoms with Gasteiger partial charge in [-0.25, -0.2) is 4.98 Å². The van der Waals surface area contributed by atoms with E-state index in [1.165, 1.54) is 16.9 Å². The Morgan fingerprint density at radius 1 is 1.15 bits per heavy atom. The van der Waals surface area contributed by atoms with E-state index < -0.39 is 5.92 Å². The van der Waals surface area contributed by atoms with Crippen LogP contribution in [0.1, 0.15) is 34.0 Å². The van der Waals surface area contributed by atoms with Crippen molar-refractivity contribution in [1.29, 1.82) is 0 Å². The van der Waals surface area contributed by atoms with Crippen molar-refractivity contribution in [3.05, 3.63) is 70.1 Å². The van der Waals surface area contributed by atoms with E-state index in [0.29, 0.717) is 11.3 Å². The zero-order valence-electron chi connectivity index (χ0n) is 14.5. The minimum atomic E-state index is -0.788. The van der Waals surface area contributed by atoms with Gasteiger partial charge in [0.1, 0.15) is 10.9 Å².